The van der Waals surface area contributed by atoms with Crippen molar-refractivity contribution in [1.29, 1.82) is 0 Å². The second kappa shape index (κ2) is 10.2. The highest BCUT2D eigenvalue weighted by molar-refractivity contribution is 5.22. The van der Waals surface area contributed by atoms with Gasteiger partial charge in [0, 0.05) is 12.1 Å². The lowest BCUT2D eigenvalue weighted by atomic mass is 10.1. The highest BCUT2D eigenvalue weighted by Gasteiger charge is 1.91. The number of hydrogen-bond acceptors (Lipinski definition) is 2. The Bertz CT molecular complexity index is 179. The number of rotatable bonds is 4. The first-order chi connectivity index (χ1) is 6.45. The highest BCUT2D eigenvalue weighted by Crippen LogP contribution is 1.96. The van der Waals surface area contributed by atoms with Crippen molar-refractivity contribution in [3.63, 3.8) is 0 Å². The Morgan fingerprint density at radius 1 is 1.36 bits per heavy atom. The molecule has 0 aliphatic heterocycles. The molecule has 4 N–H and O–H groups in total. The van der Waals surface area contributed by atoms with Gasteiger partial charge in [-0.2, -0.15) is 0 Å². The van der Waals surface area contributed by atoms with Crippen molar-refractivity contribution >= 4 is 0 Å². The normalized spacial score (nSPS) is 14.1. The van der Waals surface area contributed by atoms with E-state index in [1.54, 1.807) is 6.08 Å². The molecule has 0 aliphatic rings. The Morgan fingerprint density at radius 3 is 2.00 bits per heavy atom. The van der Waals surface area contributed by atoms with Crippen LogP contribution in [0.15, 0.2) is 37.0 Å². The van der Waals surface area contributed by atoms with E-state index >= 15 is 0 Å². The van der Waals surface area contributed by atoms with Crippen LogP contribution in [-0.2, 0) is 0 Å². The third-order valence-corrected chi connectivity index (χ3v) is 1.68. The monoisotopic (exact) mass is 196 g/mol. The first-order valence-corrected chi connectivity index (χ1v) is 4.94. The number of nitrogens with two attached hydrogens (primary N) is 2. The summed E-state index contributed by atoms with van der Waals surface area (Å²) < 4.78 is 0. The molecule has 0 amide bonds. The maximum Gasteiger partial charge on any atom is 0.0260 e. The average molecular weight is 196 g/mol. The third-order valence-electron chi connectivity index (χ3n) is 1.68. The molecule has 0 aromatic rings. The molecule has 2 nitrogen and oxygen atoms in total. The second-order valence-electron chi connectivity index (χ2n) is 3.34. The second-order valence-corrected chi connectivity index (χ2v) is 3.34. The molecule has 0 heterocycles. The molecule has 0 radical (unpaired) electrons. The van der Waals surface area contributed by atoms with E-state index in [-0.39, 0.29) is 6.04 Å². The minimum absolute atomic E-state index is 0.0428. The maximum absolute atomic E-state index is 5.49. The topological polar surface area (TPSA) is 52.0 Å². The molecule has 0 saturated carbocycles. The first kappa shape index (κ1) is 15.6. The van der Waals surface area contributed by atoms with Gasteiger partial charge in [-0.05, 0) is 25.8 Å². The fourth-order valence-electron chi connectivity index (χ4n) is 0.343. The number of allylic oxidation sites excluding steroid dienone is 2. The lowest BCUT2D eigenvalue weighted by Crippen LogP contribution is -2.15. The van der Waals surface area contributed by atoms with Crippen LogP contribution in [-0.4, -0.2) is 12.1 Å². The summed E-state index contributed by atoms with van der Waals surface area (Å²) in [6.45, 7) is 13.2. The standard InChI is InChI=1S/C8H13N.C4H11N/c1-4-5-6-7(2)8(3)9;1-3-4(2)5/h4-6,8H,1-2,9H2,3H3;4H,3,5H2,1-2H3/b6-5-;. The van der Waals surface area contributed by atoms with Crippen LogP contribution in [0.3, 0.4) is 0 Å². The third kappa shape index (κ3) is 13.7. The molecule has 14 heavy (non-hydrogen) atoms. The molecule has 2 atom stereocenters. The van der Waals surface area contributed by atoms with Gasteiger partial charge in [0.25, 0.3) is 0 Å². The molecule has 0 saturated heterocycles. The minimum atomic E-state index is 0.0428. The summed E-state index contributed by atoms with van der Waals surface area (Å²) >= 11 is 0. The Balaban J connectivity index is 0. The van der Waals surface area contributed by atoms with Crippen LogP contribution in [0.2, 0.25) is 0 Å². The van der Waals surface area contributed by atoms with E-state index < -0.39 is 0 Å². The molecular weight excluding hydrogens is 172 g/mol. The van der Waals surface area contributed by atoms with Gasteiger partial charge >= 0.3 is 0 Å². The van der Waals surface area contributed by atoms with Crippen LogP contribution in [0.5, 0.6) is 0 Å². The van der Waals surface area contributed by atoms with E-state index in [9.17, 15) is 0 Å². The van der Waals surface area contributed by atoms with Gasteiger partial charge in [0.1, 0.15) is 0 Å². The van der Waals surface area contributed by atoms with E-state index in [2.05, 4.69) is 20.1 Å². The van der Waals surface area contributed by atoms with Crippen LogP contribution in [0.1, 0.15) is 27.2 Å². The van der Waals surface area contributed by atoms with Gasteiger partial charge in [-0.1, -0.05) is 38.3 Å². The van der Waals surface area contributed by atoms with Crippen LogP contribution < -0.4 is 11.5 Å². The summed E-state index contributed by atoms with van der Waals surface area (Å²) in [5.74, 6) is 0. The summed E-state index contributed by atoms with van der Waals surface area (Å²) in [7, 11) is 0. The minimum Gasteiger partial charge on any atom is -0.328 e. The Labute approximate surface area is 88.4 Å². The molecule has 0 spiro atoms. The lowest BCUT2D eigenvalue weighted by Gasteiger charge is -2.01. The van der Waals surface area contributed by atoms with Crippen molar-refractivity contribution < 1.29 is 0 Å². The maximum atomic E-state index is 5.49. The van der Waals surface area contributed by atoms with Crippen molar-refractivity contribution in [3.8, 4) is 0 Å². The molecule has 0 bridgehead atoms. The van der Waals surface area contributed by atoms with Crippen molar-refractivity contribution in [2.75, 3.05) is 0 Å². The molecule has 2 unspecified atom stereocenters. The SMILES string of the molecule is C=C/C=C\C(=C)C(C)N.CCC(C)N. The zero-order chi connectivity index (χ0) is 11.6. The zero-order valence-electron chi connectivity index (χ0n) is 9.66. The van der Waals surface area contributed by atoms with E-state index in [0.29, 0.717) is 6.04 Å². The van der Waals surface area contributed by atoms with E-state index in [0.717, 1.165) is 12.0 Å². The molecule has 0 aliphatic carbocycles. The number of hydrogen-bond donors (Lipinski definition) is 2. The molecular formula is C12H24N2. The Kier molecular flexibility index (Phi) is 11.4. The molecule has 0 aromatic carbocycles. The zero-order valence-corrected chi connectivity index (χ0v) is 9.66. The van der Waals surface area contributed by atoms with Crippen molar-refractivity contribution in [3.05, 3.63) is 37.0 Å². The van der Waals surface area contributed by atoms with Gasteiger partial charge in [0.15, 0.2) is 0 Å². The summed E-state index contributed by atoms with van der Waals surface area (Å²) in [5.41, 5.74) is 11.7. The Morgan fingerprint density at radius 2 is 1.79 bits per heavy atom. The predicted octanol–water partition coefficient (Wildman–Crippen LogP) is 2.38. The Hall–Kier alpha value is -0.860. The molecule has 0 rings (SSSR count). The predicted molar refractivity (Wildman–Crippen MR) is 66.1 cm³/mol. The summed E-state index contributed by atoms with van der Waals surface area (Å²) in [4.78, 5) is 0. The van der Waals surface area contributed by atoms with Gasteiger partial charge in [0.05, 0.1) is 0 Å². The van der Waals surface area contributed by atoms with Gasteiger partial charge < -0.3 is 11.5 Å². The molecule has 0 aromatic heterocycles. The molecule has 82 valence electrons. The molecule has 0 fully saturated rings. The van der Waals surface area contributed by atoms with Crippen molar-refractivity contribution in [1.82, 2.24) is 0 Å². The molecule has 2 heteroatoms. The van der Waals surface area contributed by atoms with Crippen LogP contribution in [0, 0.1) is 0 Å². The lowest BCUT2D eigenvalue weighted by molar-refractivity contribution is 0.715. The van der Waals surface area contributed by atoms with Crippen LogP contribution in [0.25, 0.3) is 0 Å². The van der Waals surface area contributed by atoms with E-state index in [1.165, 1.54) is 0 Å². The van der Waals surface area contributed by atoms with E-state index in [1.807, 2.05) is 26.0 Å². The average Bonchev–Trinajstić information content (AvgIpc) is 2.14. The largest absolute Gasteiger partial charge is 0.328 e. The van der Waals surface area contributed by atoms with Gasteiger partial charge in [-0.15, -0.1) is 0 Å². The quantitative estimate of drug-likeness (QED) is 0.678. The summed E-state index contributed by atoms with van der Waals surface area (Å²) in [5, 5.41) is 0. The fraction of sp³-hybridized carbons (Fsp3) is 0.500. The fourth-order valence-corrected chi connectivity index (χ4v) is 0.343. The smallest absolute Gasteiger partial charge is 0.0260 e. The van der Waals surface area contributed by atoms with Crippen LogP contribution >= 0.6 is 0 Å². The van der Waals surface area contributed by atoms with Crippen molar-refractivity contribution in [2.24, 2.45) is 11.5 Å². The first-order valence-electron chi connectivity index (χ1n) is 4.94. The highest BCUT2D eigenvalue weighted by atomic mass is 14.6. The van der Waals surface area contributed by atoms with Gasteiger partial charge in [-0.3, -0.25) is 0 Å². The van der Waals surface area contributed by atoms with Crippen molar-refractivity contribution in [2.45, 2.75) is 39.3 Å². The van der Waals surface area contributed by atoms with E-state index in [4.69, 9.17) is 11.5 Å². The summed E-state index contributed by atoms with van der Waals surface area (Å²) in [6, 6.07) is 0.427. The summed E-state index contributed by atoms with van der Waals surface area (Å²) in [6.07, 6.45) is 6.47. The van der Waals surface area contributed by atoms with Crippen LogP contribution in [0.4, 0.5) is 0 Å². The van der Waals surface area contributed by atoms with Gasteiger partial charge in [-0.25, -0.2) is 0 Å². The van der Waals surface area contributed by atoms with Gasteiger partial charge in [0.2, 0.25) is 0 Å².